The number of nitrogens with zero attached hydrogens (tertiary/aromatic N) is 2. The molecule has 0 saturated carbocycles. The third-order valence-corrected chi connectivity index (χ3v) is 5.05. The number of methoxy groups -OCH3 is 1. The van der Waals surface area contributed by atoms with Gasteiger partial charge < -0.3 is 13.7 Å². The van der Waals surface area contributed by atoms with Crippen LogP contribution in [0.3, 0.4) is 0 Å². The third kappa shape index (κ3) is 3.39. The first kappa shape index (κ1) is 17.2. The molecule has 1 aliphatic heterocycles. The number of nitrogens with one attached hydrogen (secondary N) is 2. The summed E-state index contributed by atoms with van der Waals surface area (Å²) in [4.78, 5) is 13.3. The van der Waals surface area contributed by atoms with Crippen molar-refractivity contribution in [1.29, 1.82) is 5.41 Å². The molecule has 0 fully saturated rings. The molecule has 1 aliphatic rings. The molecule has 0 bridgehead atoms. The molecule has 27 heavy (non-hydrogen) atoms. The van der Waals surface area contributed by atoms with Crippen molar-refractivity contribution in [2.45, 2.75) is 12.6 Å². The topological polar surface area (TPSA) is 83.5 Å². The Bertz CT molecular complexity index is 1020. The first-order chi connectivity index (χ1) is 13.2. The summed E-state index contributed by atoms with van der Waals surface area (Å²) in [6.07, 6.45) is 5.28. The van der Waals surface area contributed by atoms with E-state index in [-0.39, 0.29) is 18.5 Å². The molecule has 2 N–H and O–H groups in total. The molecule has 0 aliphatic carbocycles. The molecule has 0 saturated heterocycles. The molecule has 0 radical (unpaired) electrons. The van der Waals surface area contributed by atoms with Gasteiger partial charge in [0.05, 0.1) is 19.1 Å². The van der Waals surface area contributed by atoms with E-state index in [1.807, 2.05) is 36.4 Å². The Morgan fingerprint density at radius 2 is 2.15 bits per heavy atom. The monoisotopic (exact) mass is 382 g/mol. The van der Waals surface area contributed by atoms with Crippen LogP contribution in [0.5, 0.6) is 5.75 Å². The van der Waals surface area contributed by atoms with E-state index in [1.54, 1.807) is 40.6 Å². The Morgan fingerprint density at radius 3 is 2.78 bits per heavy atom. The SMILES string of the molecule is COc1ccc(C2=C[C@H](c3ccco3)N(C(=O)Cn3ccsc3=N)N2)cc1. The van der Waals surface area contributed by atoms with Crippen LogP contribution in [0.2, 0.25) is 0 Å². The zero-order valence-electron chi connectivity index (χ0n) is 14.6. The maximum absolute atomic E-state index is 12.9. The average Bonchev–Trinajstić information content (AvgIpc) is 3.43. The highest BCUT2D eigenvalue weighted by Crippen LogP contribution is 2.32. The van der Waals surface area contributed by atoms with Crippen molar-refractivity contribution in [3.63, 3.8) is 0 Å². The lowest BCUT2D eigenvalue weighted by Crippen LogP contribution is -2.42. The van der Waals surface area contributed by atoms with Crippen molar-refractivity contribution in [3.8, 4) is 5.75 Å². The molecular weight excluding hydrogens is 364 g/mol. The highest BCUT2D eigenvalue weighted by atomic mass is 32.1. The van der Waals surface area contributed by atoms with Crippen LogP contribution in [0, 0.1) is 5.41 Å². The van der Waals surface area contributed by atoms with Crippen molar-refractivity contribution in [3.05, 3.63) is 76.4 Å². The molecule has 8 heteroatoms. The van der Waals surface area contributed by atoms with Crippen molar-refractivity contribution in [2.24, 2.45) is 0 Å². The van der Waals surface area contributed by atoms with Gasteiger partial charge >= 0.3 is 0 Å². The Hall–Kier alpha value is -3.26. The maximum Gasteiger partial charge on any atom is 0.261 e. The van der Waals surface area contributed by atoms with E-state index in [0.29, 0.717) is 10.6 Å². The van der Waals surface area contributed by atoms with Gasteiger partial charge in [0.25, 0.3) is 5.91 Å². The van der Waals surface area contributed by atoms with E-state index >= 15 is 0 Å². The number of hydrogen-bond donors (Lipinski definition) is 2. The van der Waals surface area contributed by atoms with Crippen LogP contribution in [0.1, 0.15) is 17.4 Å². The number of hydrazine groups is 1. The minimum absolute atomic E-state index is 0.0796. The number of benzene rings is 1. The highest BCUT2D eigenvalue weighted by Gasteiger charge is 2.32. The number of aromatic nitrogens is 1. The number of ether oxygens (including phenoxy) is 1. The molecule has 1 atom stereocenters. The van der Waals surface area contributed by atoms with Gasteiger partial charge in [0, 0.05) is 11.6 Å². The van der Waals surface area contributed by atoms with Gasteiger partial charge in [-0.2, -0.15) is 0 Å². The van der Waals surface area contributed by atoms with Crippen LogP contribution in [-0.2, 0) is 11.3 Å². The van der Waals surface area contributed by atoms with Gasteiger partial charge in [-0.05, 0) is 48.0 Å². The molecule has 138 valence electrons. The number of furan rings is 1. The van der Waals surface area contributed by atoms with Gasteiger partial charge in [0.1, 0.15) is 24.1 Å². The lowest BCUT2D eigenvalue weighted by molar-refractivity contribution is -0.135. The Labute approximate surface area is 159 Å². The molecule has 3 aromatic rings. The standard InChI is InChI=1S/C19H18N4O3S/c1-25-14-6-4-13(5-7-14)15-11-16(17-3-2-9-26-17)23(21-15)18(24)12-22-8-10-27-19(22)20/h2-11,16,20-21H,12H2,1H3/t16-/m1/s1. The first-order valence-corrected chi connectivity index (χ1v) is 9.20. The summed E-state index contributed by atoms with van der Waals surface area (Å²) in [7, 11) is 1.62. The lowest BCUT2D eigenvalue weighted by Gasteiger charge is -2.24. The first-order valence-electron chi connectivity index (χ1n) is 8.32. The summed E-state index contributed by atoms with van der Waals surface area (Å²) in [5.41, 5.74) is 4.94. The van der Waals surface area contributed by atoms with E-state index in [4.69, 9.17) is 14.6 Å². The van der Waals surface area contributed by atoms with E-state index in [9.17, 15) is 4.79 Å². The number of amides is 1. The van der Waals surface area contributed by atoms with Crippen LogP contribution < -0.4 is 15.0 Å². The van der Waals surface area contributed by atoms with Gasteiger partial charge in [-0.1, -0.05) is 0 Å². The summed E-state index contributed by atoms with van der Waals surface area (Å²) >= 11 is 1.28. The summed E-state index contributed by atoms with van der Waals surface area (Å²) in [6, 6.07) is 10.9. The summed E-state index contributed by atoms with van der Waals surface area (Å²) in [5, 5.41) is 11.2. The van der Waals surface area contributed by atoms with Gasteiger partial charge in [0.2, 0.25) is 0 Å². The minimum Gasteiger partial charge on any atom is -0.497 e. The molecule has 3 heterocycles. The summed E-state index contributed by atoms with van der Waals surface area (Å²) < 4.78 is 12.3. The predicted octanol–water partition coefficient (Wildman–Crippen LogP) is 2.76. The fraction of sp³-hybridized carbons (Fsp3) is 0.158. The molecule has 1 aromatic carbocycles. The van der Waals surface area contributed by atoms with Gasteiger partial charge in [-0.25, -0.2) is 5.01 Å². The normalized spacial score (nSPS) is 16.1. The number of carbonyl (C=O) groups excluding carboxylic acids is 1. The van der Waals surface area contributed by atoms with Gasteiger partial charge in [0.15, 0.2) is 4.80 Å². The van der Waals surface area contributed by atoms with Crippen LogP contribution in [0.15, 0.2) is 64.7 Å². The van der Waals surface area contributed by atoms with E-state index in [1.165, 1.54) is 11.3 Å². The zero-order chi connectivity index (χ0) is 18.8. The van der Waals surface area contributed by atoms with Gasteiger partial charge in [-0.3, -0.25) is 15.6 Å². The highest BCUT2D eigenvalue weighted by molar-refractivity contribution is 7.06. The van der Waals surface area contributed by atoms with Crippen LogP contribution in [-0.4, -0.2) is 22.6 Å². The number of thiazole rings is 1. The second-order valence-corrected chi connectivity index (χ2v) is 6.88. The Morgan fingerprint density at radius 1 is 1.33 bits per heavy atom. The molecule has 7 nitrogen and oxygen atoms in total. The second-order valence-electron chi connectivity index (χ2n) is 5.98. The van der Waals surface area contributed by atoms with Crippen LogP contribution >= 0.6 is 11.3 Å². The molecule has 1 amide bonds. The zero-order valence-corrected chi connectivity index (χ0v) is 15.4. The smallest absolute Gasteiger partial charge is 0.261 e. The number of hydrogen-bond acceptors (Lipinski definition) is 6. The molecule has 4 rings (SSSR count). The second kappa shape index (κ2) is 7.16. The van der Waals surface area contributed by atoms with Gasteiger partial charge in [-0.15, -0.1) is 11.3 Å². The maximum atomic E-state index is 12.9. The number of carbonyl (C=O) groups is 1. The summed E-state index contributed by atoms with van der Waals surface area (Å²) in [5.74, 6) is 1.28. The van der Waals surface area contributed by atoms with Crippen molar-refractivity contribution >= 4 is 22.9 Å². The fourth-order valence-corrected chi connectivity index (χ4v) is 3.53. The quantitative estimate of drug-likeness (QED) is 0.711. The lowest BCUT2D eigenvalue weighted by atomic mass is 10.1. The average molecular weight is 382 g/mol. The van der Waals surface area contributed by atoms with Crippen molar-refractivity contribution < 1.29 is 13.9 Å². The fourth-order valence-electron chi connectivity index (χ4n) is 2.94. The third-order valence-electron chi connectivity index (χ3n) is 4.33. The molecule has 2 aromatic heterocycles. The van der Waals surface area contributed by atoms with Crippen molar-refractivity contribution in [1.82, 2.24) is 15.0 Å². The number of rotatable bonds is 5. The molecule has 0 spiro atoms. The van der Waals surface area contributed by atoms with Crippen LogP contribution in [0.4, 0.5) is 0 Å². The van der Waals surface area contributed by atoms with Crippen molar-refractivity contribution in [2.75, 3.05) is 7.11 Å². The van der Waals surface area contributed by atoms with Crippen LogP contribution in [0.25, 0.3) is 5.70 Å². The molecular formula is C19H18N4O3S. The predicted molar refractivity (Wildman–Crippen MR) is 101 cm³/mol. The molecule has 0 unspecified atom stereocenters. The van der Waals surface area contributed by atoms with E-state index in [0.717, 1.165) is 17.0 Å². The largest absolute Gasteiger partial charge is 0.497 e. The summed E-state index contributed by atoms with van der Waals surface area (Å²) in [6.45, 7) is 0.0796. The minimum atomic E-state index is -0.363. The van der Waals surface area contributed by atoms with E-state index < -0.39 is 0 Å². The Balaban J connectivity index is 1.62. The van der Waals surface area contributed by atoms with E-state index in [2.05, 4.69) is 5.43 Å². The Kier molecular flexibility index (Phi) is 4.55.